The Morgan fingerprint density at radius 3 is 2.50 bits per heavy atom. The SMILES string of the molecule is O=C(Nc1ccc(F)nc1)c1ccc(CBr)cc1. The third-order valence-electron chi connectivity index (χ3n) is 2.36. The number of carbonyl (C=O) groups excluding carboxylic acids is 1. The number of aromatic nitrogens is 1. The maximum Gasteiger partial charge on any atom is 0.255 e. The molecule has 0 saturated heterocycles. The first-order valence-corrected chi connectivity index (χ1v) is 6.39. The second-order valence-corrected chi connectivity index (χ2v) is 4.22. The standard InChI is InChI=1S/C13H10BrFN2O/c14-7-9-1-3-10(4-2-9)13(18)17-11-5-6-12(15)16-8-11/h1-6,8H,7H2,(H,17,18). The molecule has 1 amide bonds. The van der Waals surface area contributed by atoms with Gasteiger partial charge in [-0.1, -0.05) is 28.1 Å². The Hall–Kier alpha value is -1.75. The van der Waals surface area contributed by atoms with Crippen molar-refractivity contribution in [3.63, 3.8) is 0 Å². The van der Waals surface area contributed by atoms with Crippen LogP contribution in [0.4, 0.5) is 10.1 Å². The molecule has 5 heteroatoms. The summed E-state index contributed by atoms with van der Waals surface area (Å²) in [5.41, 5.74) is 2.10. The van der Waals surface area contributed by atoms with Crippen LogP contribution < -0.4 is 5.32 Å². The van der Waals surface area contributed by atoms with Gasteiger partial charge >= 0.3 is 0 Å². The Labute approximate surface area is 112 Å². The molecule has 0 aliphatic carbocycles. The zero-order chi connectivity index (χ0) is 13.0. The molecule has 0 saturated carbocycles. The van der Waals surface area contributed by atoms with E-state index in [2.05, 4.69) is 26.2 Å². The van der Waals surface area contributed by atoms with E-state index in [-0.39, 0.29) is 5.91 Å². The van der Waals surface area contributed by atoms with Crippen molar-refractivity contribution in [1.82, 2.24) is 4.98 Å². The summed E-state index contributed by atoms with van der Waals surface area (Å²) in [5, 5.41) is 3.39. The van der Waals surface area contributed by atoms with E-state index >= 15 is 0 Å². The van der Waals surface area contributed by atoms with Crippen LogP contribution in [0.2, 0.25) is 0 Å². The molecule has 0 atom stereocenters. The van der Waals surface area contributed by atoms with Gasteiger partial charge in [0.25, 0.3) is 5.91 Å². The number of alkyl halides is 1. The average molecular weight is 309 g/mol. The number of pyridine rings is 1. The second-order valence-electron chi connectivity index (χ2n) is 3.65. The van der Waals surface area contributed by atoms with Crippen LogP contribution in [0.25, 0.3) is 0 Å². The average Bonchev–Trinajstić information content (AvgIpc) is 2.41. The van der Waals surface area contributed by atoms with Crippen molar-refractivity contribution in [3.05, 3.63) is 59.7 Å². The molecular formula is C13H10BrFN2O. The van der Waals surface area contributed by atoms with E-state index in [4.69, 9.17) is 0 Å². The lowest BCUT2D eigenvalue weighted by Gasteiger charge is -2.05. The second kappa shape index (κ2) is 5.73. The fourth-order valence-corrected chi connectivity index (χ4v) is 1.77. The van der Waals surface area contributed by atoms with Crippen molar-refractivity contribution in [2.45, 2.75) is 5.33 Å². The Kier molecular flexibility index (Phi) is 4.04. The number of hydrogen-bond donors (Lipinski definition) is 1. The van der Waals surface area contributed by atoms with Gasteiger partial charge in [0.05, 0.1) is 11.9 Å². The monoisotopic (exact) mass is 308 g/mol. The van der Waals surface area contributed by atoms with E-state index in [1.54, 1.807) is 12.1 Å². The molecule has 1 aromatic heterocycles. The summed E-state index contributed by atoms with van der Waals surface area (Å²) in [4.78, 5) is 15.3. The van der Waals surface area contributed by atoms with Crippen LogP contribution in [-0.2, 0) is 5.33 Å². The van der Waals surface area contributed by atoms with Gasteiger partial charge in [-0.15, -0.1) is 0 Å². The first-order chi connectivity index (χ1) is 8.69. The molecule has 0 unspecified atom stereocenters. The molecule has 0 bridgehead atoms. The van der Waals surface area contributed by atoms with Crippen molar-refractivity contribution in [3.8, 4) is 0 Å². The number of hydrogen-bond acceptors (Lipinski definition) is 2. The Morgan fingerprint density at radius 1 is 1.22 bits per heavy atom. The minimum absolute atomic E-state index is 0.246. The van der Waals surface area contributed by atoms with Crippen LogP contribution in [0, 0.1) is 5.95 Å². The highest BCUT2D eigenvalue weighted by Gasteiger charge is 2.06. The number of anilines is 1. The summed E-state index contributed by atoms with van der Waals surface area (Å²) in [7, 11) is 0. The van der Waals surface area contributed by atoms with E-state index in [0.717, 1.165) is 10.9 Å². The van der Waals surface area contributed by atoms with Crippen LogP contribution in [-0.4, -0.2) is 10.9 Å². The molecule has 2 aromatic rings. The number of carbonyl (C=O) groups is 1. The van der Waals surface area contributed by atoms with Gasteiger partial charge in [-0.3, -0.25) is 4.79 Å². The molecule has 0 aliphatic heterocycles. The van der Waals surface area contributed by atoms with Crippen LogP contribution in [0.1, 0.15) is 15.9 Å². The minimum Gasteiger partial charge on any atom is -0.321 e. The lowest BCUT2D eigenvalue weighted by molar-refractivity contribution is 0.102. The van der Waals surface area contributed by atoms with E-state index in [0.29, 0.717) is 11.3 Å². The highest BCUT2D eigenvalue weighted by molar-refractivity contribution is 9.08. The van der Waals surface area contributed by atoms with Crippen LogP contribution in [0.3, 0.4) is 0 Å². The molecular weight excluding hydrogens is 299 g/mol. The van der Waals surface area contributed by atoms with Crippen molar-refractivity contribution in [1.29, 1.82) is 0 Å². The molecule has 0 radical (unpaired) electrons. The van der Waals surface area contributed by atoms with E-state index in [1.807, 2.05) is 12.1 Å². The fraction of sp³-hybridized carbons (Fsp3) is 0.0769. The van der Waals surface area contributed by atoms with E-state index in [9.17, 15) is 9.18 Å². The molecule has 92 valence electrons. The van der Waals surface area contributed by atoms with Gasteiger partial charge < -0.3 is 5.32 Å². The normalized spacial score (nSPS) is 10.1. The number of amides is 1. The summed E-state index contributed by atoms with van der Waals surface area (Å²) < 4.78 is 12.6. The predicted molar refractivity (Wildman–Crippen MR) is 71.2 cm³/mol. The van der Waals surface area contributed by atoms with Gasteiger partial charge in [-0.05, 0) is 29.8 Å². The van der Waals surface area contributed by atoms with Gasteiger partial charge in [0.2, 0.25) is 5.95 Å². The number of nitrogens with one attached hydrogen (secondary N) is 1. The summed E-state index contributed by atoms with van der Waals surface area (Å²) in [6, 6.07) is 9.88. The van der Waals surface area contributed by atoms with Gasteiger partial charge in [-0.2, -0.15) is 4.39 Å². The lowest BCUT2D eigenvalue weighted by Crippen LogP contribution is -2.12. The van der Waals surface area contributed by atoms with E-state index < -0.39 is 5.95 Å². The van der Waals surface area contributed by atoms with Crippen molar-refractivity contribution in [2.24, 2.45) is 0 Å². The van der Waals surface area contributed by atoms with Gasteiger partial charge in [0.1, 0.15) is 0 Å². The quantitative estimate of drug-likeness (QED) is 0.698. The molecule has 0 spiro atoms. The van der Waals surface area contributed by atoms with Crippen LogP contribution in [0.15, 0.2) is 42.6 Å². The largest absolute Gasteiger partial charge is 0.321 e. The van der Waals surface area contributed by atoms with Crippen molar-refractivity contribution >= 4 is 27.5 Å². The molecule has 2 rings (SSSR count). The predicted octanol–water partition coefficient (Wildman–Crippen LogP) is 3.37. The highest BCUT2D eigenvalue weighted by atomic mass is 79.9. The third-order valence-corrected chi connectivity index (χ3v) is 3.00. The minimum atomic E-state index is -0.574. The molecule has 18 heavy (non-hydrogen) atoms. The maximum absolute atomic E-state index is 12.6. The number of halogens is 2. The molecule has 1 N–H and O–H groups in total. The van der Waals surface area contributed by atoms with Gasteiger partial charge in [0.15, 0.2) is 0 Å². The first-order valence-electron chi connectivity index (χ1n) is 5.27. The highest BCUT2D eigenvalue weighted by Crippen LogP contribution is 2.11. The molecule has 0 fully saturated rings. The first kappa shape index (κ1) is 12.7. The maximum atomic E-state index is 12.6. The summed E-state index contributed by atoms with van der Waals surface area (Å²) >= 11 is 3.34. The lowest BCUT2D eigenvalue weighted by atomic mass is 10.1. The number of benzene rings is 1. The Morgan fingerprint density at radius 2 is 1.94 bits per heavy atom. The van der Waals surface area contributed by atoms with Gasteiger partial charge in [0, 0.05) is 10.9 Å². The zero-order valence-corrected chi connectivity index (χ0v) is 10.9. The summed E-state index contributed by atoms with van der Waals surface area (Å²) in [5.74, 6) is -0.820. The summed E-state index contributed by atoms with van der Waals surface area (Å²) in [6.45, 7) is 0. The molecule has 3 nitrogen and oxygen atoms in total. The molecule has 0 aliphatic rings. The van der Waals surface area contributed by atoms with Gasteiger partial charge in [-0.25, -0.2) is 4.98 Å². The number of nitrogens with zero attached hydrogens (tertiary/aromatic N) is 1. The molecule has 1 heterocycles. The number of rotatable bonds is 3. The van der Waals surface area contributed by atoms with E-state index in [1.165, 1.54) is 18.3 Å². The fourth-order valence-electron chi connectivity index (χ4n) is 1.40. The molecule has 1 aromatic carbocycles. The van der Waals surface area contributed by atoms with Crippen molar-refractivity contribution in [2.75, 3.05) is 5.32 Å². The Balaban J connectivity index is 2.09. The third kappa shape index (κ3) is 3.13. The zero-order valence-electron chi connectivity index (χ0n) is 9.36. The summed E-state index contributed by atoms with van der Waals surface area (Å²) in [6.07, 6.45) is 1.28. The van der Waals surface area contributed by atoms with Crippen molar-refractivity contribution < 1.29 is 9.18 Å². The van der Waals surface area contributed by atoms with Crippen LogP contribution >= 0.6 is 15.9 Å². The topological polar surface area (TPSA) is 42.0 Å². The van der Waals surface area contributed by atoms with Crippen LogP contribution in [0.5, 0.6) is 0 Å². The smallest absolute Gasteiger partial charge is 0.255 e. The Bertz CT molecular complexity index is 540.